The first kappa shape index (κ1) is 15.7. The van der Waals surface area contributed by atoms with Gasteiger partial charge in [-0.3, -0.25) is 9.88 Å². The molecule has 1 saturated heterocycles. The highest BCUT2D eigenvalue weighted by atomic mass is 35.5. The molecule has 0 amide bonds. The Morgan fingerprint density at radius 2 is 1.95 bits per heavy atom. The molecule has 0 bridgehead atoms. The van der Waals surface area contributed by atoms with Crippen LogP contribution in [0.1, 0.15) is 36.9 Å². The normalized spacial score (nSPS) is 20.6. The lowest BCUT2D eigenvalue weighted by Gasteiger charge is -2.32. The van der Waals surface area contributed by atoms with Gasteiger partial charge in [-0.2, -0.15) is 0 Å². The van der Waals surface area contributed by atoms with Gasteiger partial charge in [0.05, 0.1) is 5.69 Å². The summed E-state index contributed by atoms with van der Waals surface area (Å²) in [5.74, 6) is 0.995. The number of nitrogens with one attached hydrogen (secondary N) is 1. The molecule has 4 heteroatoms. The quantitative estimate of drug-likeness (QED) is 0.905. The molecule has 0 unspecified atom stereocenters. The van der Waals surface area contributed by atoms with Crippen LogP contribution in [0.25, 0.3) is 0 Å². The predicted molar refractivity (Wildman–Crippen MR) is 85.2 cm³/mol. The third kappa shape index (κ3) is 4.72. The van der Waals surface area contributed by atoms with Crippen LogP contribution in [0.15, 0.2) is 18.3 Å². The second-order valence-electron chi connectivity index (χ2n) is 6.23. The van der Waals surface area contributed by atoms with Gasteiger partial charge in [-0.1, -0.05) is 6.07 Å². The minimum atomic E-state index is 0. The van der Waals surface area contributed by atoms with Crippen LogP contribution in [0.4, 0.5) is 0 Å². The Hall–Kier alpha value is -0.640. The summed E-state index contributed by atoms with van der Waals surface area (Å²) < 4.78 is 0. The van der Waals surface area contributed by atoms with Crippen LogP contribution in [-0.4, -0.2) is 35.6 Å². The van der Waals surface area contributed by atoms with Crippen molar-refractivity contribution in [3.05, 3.63) is 29.6 Å². The Morgan fingerprint density at radius 3 is 2.55 bits per heavy atom. The van der Waals surface area contributed by atoms with Crippen molar-refractivity contribution in [1.82, 2.24) is 15.2 Å². The van der Waals surface area contributed by atoms with Crippen molar-refractivity contribution in [1.29, 1.82) is 0 Å². The third-order valence-corrected chi connectivity index (χ3v) is 4.34. The minimum Gasteiger partial charge on any atom is -0.314 e. The average Bonchev–Trinajstić information content (AvgIpc) is 3.25. The lowest BCUT2D eigenvalue weighted by Crippen LogP contribution is -2.42. The second-order valence-corrected chi connectivity index (χ2v) is 6.23. The molecule has 1 aliphatic carbocycles. The van der Waals surface area contributed by atoms with Crippen molar-refractivity contribution >= 4 is 12.4 Å². The molecule has 3 nitrogen and oxygen atoms in total. The van der Waals surface area contributed by atoms with E-state index in [2.05, 4.69) is 34.3 Å². The van der Waals surface area contributed by atoms with Crippen LogP contribution in [-0.2, 0) is 6.54 Å². The molecule has 2 aliphatic rings. The Bertz CT molecular complexity index is 395. The molecule has 2 fully saturated rings. The van der Waals surface area contributed by atoms with Crippen LogP contribution in [0.5, 0.6) is 0 Å². The van der Waals surface area contributed by atoms with E-state index in [-0.39, 0.29) is 12.4 Å². The van der Waals surface area contributed by atoms with E-state index in [1.165, 1.54) is 56.6 Å². The first-order chi connectivity index (χ1) is 9.29. The zero-order chi connectivity index (χ0) is 13.1. The van der Waals surface area contributed by atoms with Crippen molar-refractivity contribution in [3.8, 4) is 0 Å². The van der Waals surface area contributed by atoms with Gasteiger partial charge in [0.2, 0.25) is 0 Å². The summed E-state index contributed by atoms with van der Waals surface area (Å²) in [6, 6.07) is 5.07. The number of piperidine rings is 1. The summed E-state index contributed by atoms with van der Waals surface area (Å²) in [6.07, 6.45) is 7.45. The molecule has 112 valence electrons. The Balaban J connectivity index is 0.00000147. The molecule has 1 aromatic rings. The number of likely N-dealkylation sites (tertiary alicyclic amines) is 1. The molecule has 3 rings (SSSR count). The first-order valence-electron chi connectivity index (χ1n) is 7.67. The maximum atomic E-state index is 4.50. The van der Waals surface area contributed by atoms with Crippen molar-refractivity contribution in [2.75, 3.05) is 19.6 Å². The smallest absolute Gasteiger partial charge is 0.0544 e. The predicted octanol–water partition coefficient (Wildman–Crippen LogP) is 2.78. The Labute approximate surface area is 128 Å². The lowest BCUT2D eigenvalue weighted by atomic mass is 10.0. The fourth-order valence-corrected chi connectivity index (χ4v) is 2.77. The molecular formula is C16H26ClN3. The van der Waals surface area contributed by atoms with Gasteiger partial charge >= 0.3 is 0 Å². The molecule has 0 spiro atoms. The van der Waals surface area contributed by atoms with Gasteiger partial charge < -0.3 is 5.32 Å². The number of hydrogen-bond acceptors (Lipinski definition) is 3. The van der Waals surface area contributed by atoms with E-state index in [0.717, 1.165) is 18.5 Å². The molecule has 2 heterocycles. The molecule has 0 radical (unpaired) electrons. The number of halogens is 1. The SMILES string of the molecule is Cc1ccc(CN2CCC(NCC3CC3)CC2)nc1.Cl. The van der Waals surface area contributed by atoms with Gasteiger partial charge in [0.1, 0.15) is 0 Å². The molecule has 0 atom stereocenters. The summed E-state index contributed by atoms with van der Waals surface area (Å²) >= 11 is 0. The van der Waals surface area contributed by atoms with Crippen molar-refractivity contribution in [2.24, 2.45) is 5.92 Å². The minimum absolute atomic E-state index is 0. The Morgan fingerprint density at radius 1 is 1.20 bits per heavy atom. The molecule has 0 aromatic carbocycles. The first-order valence-corrected chi connectivity index (χ1v) is 7.67. The van der Waals surface area contributed by atoms with Crippen LogP contribution < -0.4 is 5.32 Å². The molecule has 1 N–H and O–H groups in total. The van der Waals surface area contributed by atoms with Crippen LogP contribution in [0.3, 0.4) is 0 Å². The molecule has 1 aliphatic heterocycles. The third-order valence-electron chi connectivity index (χ3n) is 4.34. The van der Waals surface area contributed by atoms with Gasteiger partial charge in [0.25, 0.3) is 0 Å². The van der Waals surface area contributed by atoms with E-state index >= 15 is 0 Å². The highest BCUT2D eigenvalue weighted by Crippen LogP contribution is 2.28. The summed E-state index contributed by atoms with van der Waals surface area (Å²) in [4.78, 5) is 7.04. The van der Waals surface area contributed by atoms with Gasteiger partial charge in [0.15, 0.2) is 0 Å². The zero-order valence-electron chi connectivity index (χ0n) is 12.3. The highest BCUT2D eigenvalue weighted by Gasteiger charge is 2.24. The number of pyridine rings is 1. The zero-order valence-corrected chi connectivity index (χ0v) is 13.2. The van der Waals surface area contributed by atoms with Gasteiger partial charge in [0, 0.05) is 31.9 Å². The summed E-state index contributed by atoms with van der Waals surface area (Å²) in [6.45, 7) is 6.77. The fourth-order valence-electron chi connectivity index (χ4n) is 2.77. The van der Waals surface area contributed by atoms with Crippen molar-refractivity contribution < 1.29 is 0 Å². The summed E-state index contributed by atoms with van der Waals surface area (Å²) in [7, 11) is 0. The van der Waals surface area contributed by atoms with Gasteiger partial charge in [-0.15, -0.1) is 12.4 Å². The second kappa shape index (κ2) is 7.39. The van der Waals surface area contributed by atoms with Gasteiger partial charge in [-0.25, -0.2) is 0 Å². The van der Waals surface area contributed by atoms with E-state index in [4.69, 9.17) is 0 Å². The monoisotopic (exact) mass is 295 g/mol. The van der Waals surface area contributed by atoms with E-state index in [1.54, 1.807) is 0 Å². The van der Waals surface area contributed by atoms with E-state index in [9.17, 15) is 0 Å². The lowest BCUT2D eigenvalue weighted by molar-refractivity contribution is 0.188. The molecule has 20 heavy (non-hydrogen) atoms. The fraction of sp³-hybridized carbons (Fsp3) is 0.688. The molecular weight excluding hydrogens is 270 g/mol. The maximum Gasteiger partial charge on any atom is 0.0544 e. The van der Waals surface area contributed by atoms with Crippen LogP contribution in [0, 0.1) is 12.8 Å². The maximum absolute atomic E-state index is 4.50. The van der Waals surface area contributed by atoms with Gasteiger partial charge in [-0.05, 0) is 56.7 Å². The average molecular weight is 296 g/mol. The number of aryl methyl sites for hydroxylation is 1. The van der Waals surface area contributed by atoms with E-state index in [1.807, 2.05) is 6.20 Å². The number of aromatic nitrogens is 1. The summed E-state index contributed by atoms with van der Waals surface area (Å²) in [5.41, 5.74) is 2.45. The summed E-state index contributed by atoms with van der Waals surface area (Å²) in [5, 5.41) is 3.73. The molecule has 1 aromatic heterocycles. The van der Waals surface area contributed by atoms with Crippen molar-refractivity contribution in [3.63, 3.8) is 0 Å². The number of nitrogens with zero attached hydrogens (tertiary/aromatic N) is 2. The number of rotatable bonds is 5. The van der Waals surface area contributed by atoms with Crippen molar-refractivity contribution in [2.45, 2.75) is 45.2 Å². The Kier molecular flexibility index (Phi) is 5.82. The van der Waals surface area contributed by atoms with E-state index < -0.39 is 0 Å². The highest BCUT2D eigenvalue weighted by molar-refractivity contribution is 5.85. The van der Waals surface area contributed by atoms with Crippen LogP contribution in [0.2, 0.25) is 0 Å². The number of hydrogen-bond donors (Lipinski definition) is 1. The largest absolute Gasteiger partial charge is 0.314 e. The van der Waals surface area contributed by atoms with Crippen LogP contribution >= 0.6 is 12.4 Å². The van der Waals surface area contributed by atoms with E-state index in [0.29, 0.717) is 0 Å². The topological polar surface area (TPSA) is 28.2 Å². The molecule has 1 saturated carbocycles. The standard InChI is InChI=1S/C16H25N3.ClH/c1-13-2-5-16(17-10-13)12-19-8-6-15(7-9-19)18-11-14-3-4-14;/h2,5,10,14-15,18H,3-4,6-9,11-12H2,1H3;1H.